The highest BCUT2D eigenvalue weighted by Gasteiger charge is 1.85. The molecule has 0 spiro atoms. The maximum atomic E-state index is 3.83. The molecular formula is C4H8N4. The van der Waals surface area contributed by atoms with Crippen LogP contribution in [0.4, 0.5) is 5.95 Å². The molecule has 0 bridgehead atoms. The molecule has 0 saturated carbocycles. The molecule has 0 aromatic carbocycles. The summed E-state index contributed by atoms with van der Waals surface area (Å²) in [5.41, 5.74) is 0. The van der Waals surface area contributed by atoms with E-state index >= 15 is 0 Å². The van der Waals surface area contributed by atoms with E-state index in [0.717, 1.165) is 12.5 Å². The highest BCUT2D eigenvalue weighted by molar-refractivity contribution is 5.19. The van der Waals surface area contributed by atoms with E-state index in [1.54, 1.807) is 0 Å². The molecule has 1 aromatic rings. The minimum absolute atomic E-state index is 0.729. The number of hydrogen-bond donors (Lipinski definition) is 2. The molecule has 8 heavy (non-hydrogen) atoms. The molecule has 0 unspecified atom stereocenters. The van der Waals surface area contributed by atoms with Crippen molar-refractivity contribution >= 4 is 5.95 Å². The van der Waals surface area contributed by atoms with Crippen LogP contribution in [0.15, 0.2) is 6.33 Å². The van der Waals surface area contributed by atoms with Crippen LogP contribution in [0.1, 0.15) is 6.92 Å². The molecule has 44 valence electrons. The van der Waals surface area contributed by atoms with Crippen LogP contribution in [0.3, 0.4) is 0 Å². The first-order valence-electron chi connectivity index (χ1n) is 2.52. The fourth-order valence-corrected chi connectivity index (χ4v) is 0.458. The first kappa shape index (κ1) is 5.08. The molecular weight excluding hydrogens is 104 g/mol. The van der Waals surface area contributed by atoms with Crippen molar-refractivity contribution in [2.24, 2.45) is 0 Å². The van der Waals surface area contributed by atoms with Crippen LogP contribution in [0.5, 0.6) is 0 Å². The Morgan fingerprint density at radius 2 is 2.75 bits per heavy atom. The lowest BCUT2D eigenvalue weighted by Gasteiger charge is -1.91. The number of hydrogen-bond acceptors (Lipinski definition) is 3. The normalized spacial score (nSPS) is 9.12. The van der Waals surface area contributed by atoms with Gasteiger partial charge in [0.1, 0.15) is 6.33 Å². The van der Waals surface area contributed by atoms with Gasteiger partial charge in [0.2, 0.25) is 5.95 Å². The monoisotopic (exact) mass is 112 g/mol. The second-order valence-corrected chi connectivity index (χ2v) is 1.36. The van der Waals surface area contributed by atoms with E-state index in [4.69, 9.17) is 0 Å². The summed E-state index contributed by atoms with van der Waals surface area (Å²) in [5, 5.41) is 9.27. The van der Waals surface area contributed by atoms with E-state index in [1.807, 2.05) is 6.92 Å². The molecule has 0 saturated heterocycles. The van der Waals surface area contributed by atoms with E-state index in [9.17, 15) is 0 Å². The van der Waals surface area contributed by atoms with Crippen molar-refractivity contribution in [2.45, 2.75) is 6.92 Å². The fourth-order valence-electron chi connectivity index (χ4n) is 0.458. The summed E-state index contributed by atoms with van der Waals surface area (Å²) >= 11 is 0. The van der Waals surface area contributed by atoms with E-state index in [0.29, 0.717) is 0 Å². The minimum Gasteiger partial charge on any atom is -0.355 e. The second kappa shape index (κ2) is 2.30. The molecule has 0 aliphatic heterocycles. The van der Waals surface area contributed by atoms with E-state index < -0.39 is 0 Å². The summed E-state index contributed by atoms with van der Waals surface area (Å²) in [4.78, 5) is 3.83. The maximum Gasteiger partial charge on any atom is 0.218 e. The number of H-pyrrole nitrogens is 1. The molecule has 0 atom stereocenters. The van der Waals surface area contributed by atoms with Gasteiger partial charge in [-0.25, -0.2) is 10.1 Å². The van der Waals surface area contributed by atoms with Crippen LogP contribution in [0.25, 0.3) is 0 Å². The summed E-state index contributed by atoms with van der Waals surface area (Å²) in [5.74, 6) is 0.729. The van der Waals surface area contributed by atoms with Gasteiger partial charge in [-0.3, -0.25) is 0 Å². The van der Waals surface area contributed by atoms with Crippen LogP contribution < -0.4 is 5.32 Å². The van der Waals surface area contributed by atoms with Gasteiger partial charge >= 0.3 is 0 Å². The number of aromatic nitrogens is 3. The van der Waals surface area contributed by atoms with Gasteiger partial charge in [0.25, 0.3) is 0 Å². The van der Waals surface area contributed by atoms with Crippen molar-refractivity contribution < 1.29 is 0 Å². The summed E-state index contributed by atoms with van der Waals surface area (Å²) < 4.78 is 0. The lowest BCUT2D eigenvalue weighted by atomic mass is 10.7. The highest BCUT2D eigenvalue weighted by atomic mass is 15.3. The number of nitrogens with one attached hydrogen (secondary N) is 2. The largest absolute Gasteiger partial charge is 0.355 e. The van der Waals surface area contributed by atoms with Crippen LogP contribution in [-0.2, 0) is 0 Å². The van der Waals surface area contributed by atoms with Crippen LogP contribution >= 0.6 is 0 Å². The molecule has 1 aromatic heterocycles. The van der Waals surface area contributed by atoms with Gasteiger partial charge in [-0.15, -0.1) is 0 Å². The fraction of sp³-hybridized carbons (Fsp3) is 0.500. The highest BCUT2D eigenvalue weighted by Crippen LogP contribution is 1.88. The van der Waals surface area contributed by atoms with Gasteiger partial charge in [-0.1, -0.05) is 0 Å². The number of rotatable bonds is 2. The van der Waals surface area contributed by atoms with Crippen molar-refractivity contribution in [1.82, 2.24) is 15.2 Å². The van der Waals surface area contributed by atoms with Gasteiger partial charge in [0, 0.05) is 6.54 Å². The Kier molecular flexibility index (Phi) is 1.46. The van der Waals surface area contributed by atoms with Crippen molar-refractivity contribution in [3.8, 4) is 0 Å². The van der Waals surface area contributed by atoms with Crippen molar-refractivity contribution in [2.75, 3.05) is 11.9 Å². The predicted octanol–water partition coefficient (Wildman–Crippen LogP) is 0.236. The van der Waals surface area contributed by atoms with Gasteiger partial charge in [-0.05, 0) is 6.92 Å². The van der Waals surface area contributed by atoms with Crippen LogP contribution in [-0.4, -0.2) is 21.7 Å². The van der Waals surface area contributed by atoms with Crippen LogP contribution in [0, 0.1) is 0 Å². The Hall–Kier alpha value is -1.06. The number of nitrogens with zero attached hydrogens (tertiary/aromatic N) is 2. The molecule has 1 rings (SSSR count). The summed E-state index contributed by atoms with van der Waals surface area (Å²) in [6.45, 7) is 2.87. The minimum atomic E-state index is 0.729. The first-order valence-corrected chi connectivity index (χ1v) is 2.52. The number of aromatic amines is 1. The van der Waals surface area contributed by atoms with Gasteiger partial charge in [0.05, 0.1) is 0 Å². The maximum absolute atomic E-state index is 3.83. The topological polar surface area (TPSA) is 53.6 Å². The zero-order chi connectivity index (χ0) is 5.82. The smallest absolute Gasteiger partial charge is 0.218 e. The predicted molar refractivity (Wildman–Crippen MR) is 30.5 cm³/mol. The second-order valence-electron chi connectivity index (χ2n) is 1.36. The molecule has 0 fully saturated rings. The average molecular weight is 112 g/mol. The summed E-state index contributed by atoms with van der Waals surface area (Å²) in [6, 6.07) is 0. The molecule has 4 heteroatoms. The Balaban J connectivity index is 2.50. The van der Waals surface area contributed by atoms with Crippen molar-refractivity contribution in [3.05, 3.63) is 6.33 Å². The van der Waals surface area contributed by atoms with Gasteiger partial charge in [0.15, 0.2) is 0 Å². The molecule has 4 nitrogen and oxygen atoms in total. The van der Waals surface area contributed by atoms with E-state index in [-0.39, 0.29) is 0 Å². The third-order valence-electron chi connectivity index (χ3n) is 0.759. The Labute approximate surface area is 47.3 Å². The first-order chi connectivity index (χ1) is 3.93. The standard InChI is InChI=1S/C4H8N4/c1-2-5-4-6-3-7-8-4/h3H,2H2,1H3,(H2,5,6,7,8). The Morgan fingerprint density at radius 3 is 3.25 bits per heavy atom. The average Bonchev–Trinajstić information content (AvgIpc) is 2.19. The molecule has 2 N–H and O–H groups in total. The number of anilines is 1. The molecule has 1 heterocycles. The third-order valence-corrected chi connectivity index (χ3v) is 0.759. The van der Waals surface area contributed by atoms with Crippen molar-refractivity contribution in [3.63, 3.8) is 0 Å². The van der Waals surface area contributed by atoms with E-state index in [1.165, 1.54) is 6.33 Å². The van der Waals surface area contributed by atoms with Gasteiger partial charge < -0.3 is 5.32 Å². The SMILES string of the molecule is CCNc1ncn[nH]1. The lowest BCUT2D eigenvalue weighted by molar-refractivity contribution is 1.06. The Bertz CT molecular complexity index is 134. The lowest BCUT2D eigenvalue weighted by Crippen LogP contribution is -1.97. The summed E-state index contributed by atoms with van der Waals surface area (Å²) in [6.07, 6.45) is 1.47. The van der Waals surface area contributed by atoms with Crippen LogP contribution in [0.2, 0.25) is 0 Å². The van der Waals surface area contributed by atoms with Crippen molar-refractivity contribution in [1.29, 1.82) is 0 Å². The molecule has 0 aliphatic carbocycles. The molecule has 0 amide bonds. The summed E-state index contributed by atoms with van der Waals surface area (Å²) in [7, 11) is 0. The zero-order valence-electron chi connectivity index (χ0n) is 4.68. The van der Waals surface area contributed by atoms with E-state index in [2.05, 4.69) is 20.5 Å². The molecule has 0 aliphatic rings. The quantitative estimate of drug-likeness (QED) is 0.576. The third kappa shape index (κ3) is 0.959. The Morgan fingerprint density at radius 1 is 1.88 bits per heavy atom. The van der Waals surface area contributed by atoms with Gasteiger partial charge in [-0.2, -0.15) is 5.10 Å². The zero-order valence-corrected chi connectivity index (χ0v) is 4.68. The molecule has 0 radical (unpaired) electrons.